The van der Waals surface area contributed by atoms with E-state index < -0.39 is 23.7 Å². The normalized spacial score (nSPS) is 12.0. The summed E-state index contributed by atoms with van der Waals surface area (Å²) in [4.78, 5) is 25.4. The van der Waals surface area contributed by atoms with E-state index in [-0.39, 0.29) is 12.3 Å². The van der Waals surface area contributed by atoms with Crippen molar-refractivity contribution in [1.29, 1.82) is 0 Å². The number of benzene rings is 4. The van der Waals surface area contributed by atoms with Crippen molar-refractivity contribution in [2.45, 2.75) is 39.2 Å². The molecule has 41 heavy (non-hydrogen) atoms. The Morgan fingerprint density at radius 2 is 1.54 bits per heavy atom. The van der Waals surface area contributed by atoms with E-state index in [4.69, 9.17) is 4.74 Å². The van der Waals surface area contributed by atoms with Crippen molar-refractivity contribution in [3.63, 3.8) is 0 Å². The van der Waals surface area contributed by atoms with E-state index in [0.29, 0.717) is 39.0 Å². The summed E-state index contributed by atoms with van der Waals surface area (Å²) in [5.74, 6) is -1.54. The molecule has 9 heteroatoms. The average Bonchev–Trinajstić information content (AvgIpc) is 3.17. The van der Waals surface area contributed by atoms with Gasteiger partial charge in [0.2, 0.25) is 0 Å². The van der Waals surface area contributed by atoms with Gasteiger partial charge in [-0.3, -0.25) is 9.36 Å². The Bertz CT molecular complexity index is 1800. The van der Waals surface area contributed by atoms with Crippen LogP contribution in [0.5, 0.6) is 11.5 Å². The maximum absolute atomic E-state index is 13.9. The number of hydrogen-bond donors (Lipinski definition) is 1. The Kier molecular flexibility index (Phi) is 6.98. The third-order valence-corrected chi connectivity index (χ3v) is 6.91. The zero-order valence-corrected chi connectivity index (χ0v) is 22.5. The second kappa shape index (κ2) is 10.3. The summed E-state index contributed by atoms with van der Waals surface area (Å²) in [5.41, 5.74) is 1.28. The highest BCUT2D eigenvalue weighted by atomic mass is 19.4. The fourth-order valence-electron chi connectivity index (χ4n) is 4.86. The lowest BCUT2D eigenvalue weighted by atomic mass is 10.0. The van der Waals surface area contributed by atoms with Crippen LogP contribution in [0.1, 0.15) is 41.0 Å². The van der Waals surface area contributed by atoms with Gasteiger partial charge in [-0.1, -0.05) is 42.5 Å². The van der Waals surface area contributed by atoms with Crippen LogP contribution in [0.3, 0.4) is 0 Å². The third-order valence-electron chi connectivity index (χ3n) is 6.91. The molecule has 0 aliphatic rings. The number of carboxylic acid groups (broad SMARTS) is 1. The minimum Gasteiger partial charge on any atom is -0.478 e. The fourth-order valence-corrected chi connectivity index (χ4v) is 4.86. The topological polar surface area (TPSA) is 77.8 Å². The van der Waals surface area contributed by atoms with Crippen molar-refractivity contribution in [3.05, 3.63) is 107 Å². The maximum Gasteiger partial charge on any atom is 0.573 e. The van der Waals surface area contributed by atoms with Crippen molar-refractivity contribution in [2.75, 3.05) is 0 Å². The number of carbonyl (C=O) groups is 2. The summed E-state index contributed by atoms with van der Waals surface area (Å²) in [6, 6.07) is 23.7. The van der Waals surface area contributed by atoms with Gasteiger partial charge in [0.15, 0.2) is 5.60 Å². The molecule has 0 fully saturated rings. The summed E-state index contributed by atoms with van der Waals surface area (Å²) in [5, 5.41) is 11.7. The van der Waals surface area contributed by atoms with E-state index >= 15 is 0 Å². The summed E-state index contributed by atoms with van der Waals surface area (Å²) >= 11 is 0. The summed E-state index contributed by atoms with van der Waals surface area (Å²) in [7, 11) is 0. The number of aliphatic carboxylic acids is 1. The highest BCUT2D eigenvalue weighted by Crippen LogP contribution is 2.34. The van der Waals surface area contributed by atoms with Gasteiger partial charge in [-0.25, -0.2) is 4.79 Å². The molecule has 0 aliphatic heterocycles. The van der Waals surface area contributed by atoms with Crippen molar-refractivity contribution < 1.29 is 37.3 Å². The molecule has 6 nitrogen and oxygen atoms in total. The molecule has 0 aliphatic carbocycles. The van der Waals surface area contributed by atoms with E-state index in [2.05, 4.69) is 4.74 Å². The van der Waals surface area contributed by atoms with E-state index in [1.807, 2.05) is 30.3 Å². The van der Waals surface area contributed by atoms with Crippen molar-refractivity contribution in [2.24, 2.45) is 0 Å². The second-order valence-electron chi connectivity index (χ2n) is 10.2. The number of carbonyl (C=O) groups excluding carboxylic acids is 1. The first-order chi connectivity index (χ1) is 19.3. The van der Waals surface area contributed by atoms with Crippen LogP contribution in [0.2, 0.25) is 0 Å². The predicted octanol–water partition coefficient (Wildman–Crippen LogP) is 7.52. The molecule has 0 saturated carbocycles. The molecule has 0 amide bonds. The Labute approximate surface area is 233 Å². The van der Waals surface area contributed by atoms with Gasteiger partial charge in [-0.2, -0.15) is 0 Å². The van der Waals surface area contributed by atoms with E-state index in [1.165, 1.54) is 36.6 Å². The lowest BCUT2D eigenvalue weighted by molar-refractivity contribution is -0.274. The fraction of sp³-hybridized carbons (Fsp3) is 0.188. The van der Waals surface area contributed by atoms with Crippen LogP contribution in [0.4, 0.5) is 13.2 Å². The molecular formula is C32H26F3NO5. The van der Waals surface area contributed by atoms with Crippen LogP contribution in [0.25, 0.3) is 21.7 Å². The van der Waals surface area contributed by atoms with Gasteiger partial charge >= 0.3 is 12.3 Å². The third kappa shape index (κ3) is 5.75. The van der Waals surface area contributed by atoms with Crippen LogP contribution in [-0.4, -0.2) is 33.5 Å². The highest BCUT2D eigenvalue weighted by molar-refractivity contribution is 6.06. The van der Waals surface area contributed by atoms with Crippen LogP contribution in [0.15, 0.2) is 84.9 Å². The zero-order chi connectivity index (χ0) is 29.5. The largest absolute Gasteiger partial charge is 0.573 e. The van der Waals surface area contributed by atoms with Crippen molar-refractivity contribution >= 4 is 33.6 Å². The molecular weight excluding hydrogens is 535 g/mol. The molecule has 1 heterocycles. The molecule has 0 radical (unpaired) electrons. The van der Waals surface area contributed by atoms with Gasteiger partial charge in [0, 0.05) is 16.6 Å². The molecule has 0 atom stereocenters. The lowest BCUT2D eigenvalue weighted by Crippen LogP contribution is -2.37. The lowest BCUT2D eigenvalue weighted by Gasteiger charge is -2.21. The molecule has 1 aromatic heterocycles. The van der Waals surface area contributed by atoms with Gasteiger partial charge in [0.1, 0.15) is 11.5 Å². The van der Waals surface area contributed by atoms with E-state index in [9.17, 15) is 27.9 Å². The number of rotatable bonds is 7. The number of alkyl halides is 3. The molecule has 210 valence electrons. The number of nitrogens with zero attached hydrogens (tertiary/aromatic N) is 1. The number of fused-ring (bicyclic) bond motifs is 2. The Balaban J connectivity index is 1.61. The van der Waals surface area contributed by atoms with E-state index in [0.717, 1.165) is 10.8 Å². The summed E-state index contributed by atoms with van der Waals surface area (Å²) in [6.45, 7) is 4.60. The van der Waals surface area contributed by atoms with Crippen molar-refractivity contribution in [3.8, 4) is 11.5 Å². The quantitative estimate of drug-likeness (QED) is 0.222. The van der Waals surface area contributed by atoms with Crippen LogP contribution >= 0.6 is 0 Å². The predicted molar refractivity (Wildman–Crippen MR) is 149 cm³/mol. The molecule has 5 rings (SSSR count). The first-order valence-electron chi connectivity index (χ1n) is 12.8. The molecule has 1 N–H and O–H groups in total. The monoisotopic (exact) mass is 561 g/mol. The van der Waals surface area contributed by atoms with Crippen LogP contribution in [-0.2, 0) is 11.2 Å². The SMILES string of the molecule is Cc1c(Cc2cccc(OC(C)(C)C(=O)O)c2)c2cc(OC(F)(F)F)ccc2n1C(=O)c1ccc2ccccc2c1. The van der Waals surface area contributed by atoms with Gasteiger partial charge in [0.25, 0.3) is 5.91 Å². The Morgan fingerprint density at radius 1 is 0.829 bits per heavy atom. The molecule has 4 aromatic carbocycles. The smallest absolute Gasteiger partial charge is 0.478 e. The molecule has 0 spiro atoms. The van der Waals surface area contributed by atoms with Crippen molar-refractivity contribution in [1.82, 2.24) is 4.57 Å². The first-order valence-corrected chi connectivity index (χ1v) is 12.8. The first kappa shape index (κ1) is 27.8. The number of halogens is 3. The van der Waals surface area contributed by atoms with Gasteiger partial charge in [-0.15, -0.1) is 13.2 Å². The summed E-state index contributed by atoms with van der Waals surface area (Å²) < 4.78 is 50.5. The molecule has 0 saturated heterocycles. The number of hydrogen-bond acceptors (Lipinski definition) is 4. The average molecular weight is 562 g/mol. The van der Waals surface area contributed by atoms with Gasteiger partial charge in [-0.05, 0) is 91.6 Å². The van der Waals surface area contributed by atoms with Crippen LogP contribution < -0.4 is 9.47 Å². The highest BCUT2D eigenvalue weighted by Gasteiger charge is 2.32. The van der Waals surface area contributed by atoms with Gasteiger partial charge < -0.3 is 14.6 Å². The number of carboxylic acids is 1. The van der Waals surface area contributed by atoms with Gasteiger partial charge in [0.05, 0.1) is 5.52 Å². The molecule has 0 bridgehead atoms. The standard InChI is InChI=1S/C32H26F3NO5/c1-19-26(16-20-7-6-10-24(15-20)40-31(2,3)30(38)39)27-18-25(41-32(33,34)35)13-14-28(27)36(19)29(37)23-12-11-21-8-4-5-9-22(21)17-23/h4-15,17-18H,16H2,1-3H3,(H,38,39). The molecule has 5 aromatic rings. The minimum absolute atomic E-state index is 0.237. The zero-order valence-electron chi connectivity index (χ0n) is 22.5. The van der Waals surface area contributed by atoms with Crippen LogP contribution in [0, 0.1) is 6.92 Å². The Hall–Kier alpha value is -4.79. The molecule has 0 unspecified atom stereocenters. The number of ether oxygens (including phenoxy) is 2. The maximum atomic E-state index is 13.9. The number of aromatic nitrogens is 1. The van der Waals surface area contributed by atoms with E-state index in [1.54, 1.807) is 43.3 Å². The summed E-state index contributed by atoms with van der Waals surface area (Å²) in [6.07, 6.45) is -4.64. The second-order valence-corrected chi connectivity index (χ2v) is 10.2. The minimum atomic E-state index is -4.88. The Morgan fingerprint density at radius 3 is 2.24 bits per heavy atom.